The highest BCUT2D eigenvalue weighted by atomic mass is 79.9. The van der Waals surface area contributed by atoms with Crippen LogP contribution in [0.15, 0.2) is 53.1 Å². The van der Waals surface area contributed by atoms with Crippen LogP contribution in [0, 0.1) is 0 Å². The van der Waals surface area contributed by atoms with Gasteiger partial charge in [-0.25, -0.2) is 4.98 Å². The van der Waals surface area contributed by atoms with E-state index in [9.17, 15) is 4.79 Å². The van der Waals surface area contributed by atoms with Crippen molar-refractivity contribution in [1.29, 1.82) is 0 Å². The lowest BCUT2D eigenvalue weighted by atomic mass is 9.97. The van der Waals surface area contributed by atoms with E-state index in [0.29, 0.717) is 0 Å². The Hall–Kier alpha value is -2.44. The molecule has 30 heavy (non-hydrogen) atoms. The summed E-state index contributed by atoms with van der Waals surface area (Å²) in [6, 6.07) is 10.7. The van der Waals surface area contributed by atoms with Gasteiger partial charge in [0.1, 0.15) is 5.65 Å². The van der Waals surface area contributed by atoms with E-state index in [1.54, 1.807) is 18.3 Å². The zero-order chi connectivity index (χ0) is 26.4. The first-order valence-electron chi connectivity index (χ1n) is 12.8. The van der Waals surface area contributed by atoms with E-state index in [-0.39, 0.29) is 16.5 Å². The standard InChI is InChI=1S/C24H27BrN4O/c1-16(22-15-20-21(25)9-12-26-23(20)28(22)4)29-13-10-18(11-14-29)17-5-7-19(8-6-17)24(30)27(2)3/h5-10,12,15-16H,11,13-14H2,1-4H3/i2D3,3D3. The largest absolute Gasteiger partial charge is 0.345 e. The van der Waals surface area contributed by atoms with Gasteiger partial charge in [-0.05, 0) is 64.7 Å². The van der Waals surface area contributed by atoms with Gasteiger partial charge in [-0.3, -0.25) is 9.69 Å². The van der Waals surface area contributed by atoms with Crippen LogP contribution in [0.4, 0.5) is 0 Å². The van der Waals surface area contributed by atoms with Gasteiger partial charge in [-0.1, -0.05) is 18.2 Å². The summed E-state index contributed by atoms with van der Waals surface area (Å²) in [7, 11) is 2.03. The number of aromatic nitrogens is 2. The molecule has 3 heterocycles. The number of fused-ring (bicyclic) bond motifs is 1. The summed E-state index contributed by atoms with van der Waals surface area (Å²) in [5, 5.41) is 1.08. The van der Waals surface area contributed by atoms with Crippen LogP contribution in [0.25, 0.3) is 16.6 Å². The van der Waals surface area contributed by atoms with E-state index in [0.717, 1.165) is 46.2 Å². The number of carbonyl (C=O) groups is 1. The predicted molar refractivity (Wildman–Crippen MR) is 125 cm³/mol. The molecular formula is C24H27BrN4O. The van der Waals surface area contributed by atoms with Gasteiger partial charge in [0.25, 0.3) is 5.91 Å². The molecule has 1 unspecified atom stereocenters. The number of aryl methyl sites for hydroxylation is 1. The van der Waals surface area contributed by atoms with Crippen molar-refractivity contribution < 1.29 is 13.0 Å². The fourth-order valence-corrected chi connectivity index (χ4v) is 4.46. The number of rotatable bonds is 4. The van der Waals surface area contributed by atoms with E-state index < -0.39 is 19.9 Å². The van der Waals surface area contributed by atoms with Crippen molar-refractivity contribution in [3.8, 4) is 0 Å². The molecule has 0 fully saturated rings. The molecule has 1 amide bonds. The zero-order valence-corrected chi connectivity index (χ0v) is 18.5. The molecule has 0 saturated carbocycles. The number of pyridine rings is 1. The molecule has 0 N–H and O–H groups in total. The van der Waals surface area contributed by atoms with Gasteiger partial charge in [0.15, 0.2) is 0 Å². The molecule has 0 saturated heterocycles. The minimum absolute atomic E-state index is 0.0186. The summed E-state index contributed by atoms with van der Waals surface area (Å²) < 4.78 is 47.9. The number of benzene rings is 1. The van der Waals surface area contributed by atoms with Crippen molar-refractivity contribution in [3.63, 3.8) is 0 Å². The molecule has 0 radical (unpaired) electrons. The second kappa shape index (κ2) is 8.36. The fraction of sp³-hybridized carbons (Fsp3) is 0.333. The second-order valence-electron chi connectivity index (χ2n) is 7.53. The van der Waals surface area contributed by atoms with Crippen molar-refractivity contribution >= 4 is 38.4 Å². The lowest BCUT2D eigenvalue weighted by Crippen LogP contribution is -2.32. The van der Waals surface area contributed by atoms with E-state index in [1.165, 1.54) is 17.8 Å². The number of nitrogens with zero attached hydrogens (tertiary/aromatic N) is 4. The van der Waals surface area contributed by atoms with Gasteiger partial charge in [0.05, 0.1) is 0 Å². The first-order valence-corrected chi connectivity index (χ1v) is 10.6. The molecule has 0 aliphatic carbocycles. The molecule has 156 valence electrons. The quantitative estimate of drug-likeness (QED) is 0.542. The molecule has 0 bridgehead atoms. The Balaban J connectivity index is 1.49. The number of hydrogen-bond acceptors (Lipinski definition) is 3. The van der Waals surface area contributed by atoms with Crippen LogP contribution in [0.1, 0.15) is 49.2 Å². The molecule has 4 rings (SSSR count). The van der Waals surface area contributed by atoms with Crippen LogP contribution in [-0.2, 0) is 7.05 Å². The van der Waals surface area contributed by atoms with Crippen molar-refractivity contribution in [2.75, 3.05) is 27.0 Å². The maximum atomic E-state index is 12.7. The molecule has 1 aliphatic rings. The highest BCUT2D eigenvalue weighted by Gasteiger charge is 2.23. The van der Waals surface area contributed by atoms with Gasteiger partial charge in [0, 0.05) is 75.7 Å². The average molecular weight is 473 g/mol. The third-order valence-electron chi connectivity index (χ3n) is 5.84. The fourth-order valence-electron chi connectivity index (χ4n) is 4.05. The number of hydrogen-bond donors (Lipinski definition) is 0. The van der Waals surface area contributed by atoms with Crippen LogP contribution in [0.5, 0.6) is 0 Å². The van der Waals surface area contributed by atoms with Crippen LogP contribution in [-0.4, -0.2) is 52.3 Å². The third-order valence-corrected chi connectivity index (χ3v) is 6.53. The van der Waals surface area contributed by atoms with Crippen molar-refractivity contribution in [2.45, 2.75) is 19.4 Å². The molecule has 2 aromatic heterocycles. The first kappa shape index (κ1) is 14.5. The first-order chi connectivity index (χ1) is 16.8. The topological polar surface area (TPSA) is 41.4 Å². The van der Waals surface area contributed by atoms with Crippen molar-refractivity contribution in [3.05, 3.63) is 70.0 Å². The molecule has 1 aliphatic heterocycles. The van der Waals surface area contributed by atoms with Gasteiger partial charge >= 0.3 is 0 Å². The predicted octanol–water partition coefficient (Wildman–Crippen LogP) is 4.89. The Morgan fingerprint density at radius 2 is 2.03 bits per heavy atom. The van der Waals surface area contributed by atoms with E-state index in [2.05, 4.69) is 49.4 Å². The maximum absolute atomic E-state index is 12.7. The summed E-state index contributed by atoms with van der Waals surface area (Å²) in [5.74, 6) is -1.05. The molecule has 1 atom stereocenters. The van der Waals surface area contributed by atoms with Crippen molar-refractivity contribution in [1.82, 2.24) is 19.4 Å². The average Bonchev–Trinajstić information content (AvgIpc) is 3.15. The van der Waals surface area contributed by atoms with Gasteiger partial charge in [-0.2, -0.15) is 0 Å². The van der Waals surface area contributed by atoms with Gasteiger partial charge in [-0.15, -0.1) is 0 Å². The maximum Gasteiger partial charge on any atom is 0.253 e. The number of amides is 1. The number of carbonyl (C=O) groups excluding carboxylic acids is 1. The SMILES string of the molecule is [2H]C([2H])([2H])N(C(=O)c1ccc(C2=CCN(C(C)c3cc4c(Br)ccnc4n3C)CC2)cc1)C([2H])([2H])[2H]. The Morgan fingerprint density at radius 1 is 1.27 bits per heavy atom. The Morgan fingerprint density at radius 3 is 2.67 bits per heavy atom. The lowest BCUT2D eigenvalue weighted by Gasteiger charge is -2.32. The molecule has 0 spiro atoms. The summed E-state index contributed by atoms with van der Waals surface area (Å²) >= 11 is 3.61. The Kier molecular flexibility index (Phi) is 4.05. The van der Waals surface area contributed by atoms with Crippen molar-refractivity contribution in [2.24, 2.45) is 7.05 Å². The second-order valence-corrected chi connectivity index (χ2v) is 8.38. The van der Waals surface area contributed by atoms with E-state index in [4.69, 9.17) is 8.22 Å². The zero-order valence-electron chi connectivity index (χ0n) is 22.9. The minimum atomic E-state index is -3.07. The molecule has 5 nitrogen and oxygen atoms in total. The Labute approximate surface area is 194 Å². The van der Waals surface area contributed by atoms with Crippen LogP contribution in [0.2, 0.25) is 0 Å². The lowest BCUT2D eigenvalue weighted by molar-refractivity contribution is 0.0827. The summed E-state index contributed by atoms with van der Waals surface area (Å²) in [6.07, 6.45) is 4.75. The number of halogens is 1. The van der Waals surface area contributed by atoms with E-state index in [1.807, 2.05) is 13.1 Å². The van der Waals surface area contributed by atoms with Crippen LogP contribution in [0.3, 0.4) is 0 Å². The van der Waals surface area contributed by atoms with Gasteiger partial charge < -0.3 is 9.47 Å². The minimum Gasteiger partial charge on any atom is -0.345 e. The van der Waals surface area contributed by atoms with Crippen LogP contribution >= 0.6 is 15.9 Å². The highest BCUT2D eigenvalue weighted by Crippen LogP contribution is 2.32. The molecule has 3 aromatic rings. The highest BCUT2D eigenvalue weighted by molar-refractivity contribution is 9.10. The molecular weight excluding hydrogens is 440 g/mol. The summed E-state index contributed by atoms with van der Waals surface area (Å²) in [4.78, 5) is 19.5. The molecule has 6 heteroatoms. The summed E-state index contributed by atoms with van der Waals surface area (Å²) in [5.41, 5.74) is 4.18. The molecule has 1 aromatic carbocycles. The van der Waals surface area contributed by atoms with Gasteiger partial charge in [0.2, 0.25) is 0 Å². The summed E-state index contributed by atoms with van der Waals surface area (Å²) in [6.45, 7) is -2.36. The smallest absolute Gasteiger partial charge is 0.253 e. The Bertz CT molecular complexity index is 1300. The van der Waals surface area contributed by atoms with E-state index >= 15 is 0 Å². The third kappa shape index (κ3) is 3.82. The normalized spacial score (nSPS) is 19.6. The van der Waals surface area contributed by atoms with Crippen LogP contribution < -0.4 is 0 Å². The monoisotopic (exact) mass is 472 g/mol.